The molecule has 0 saturated carbocycles. The molecule has 7 aromatic heterocycles. The van der Waals surface area contributed by atoms with Crippen LogP contribution in [0.4, 0.5) is 17.1 Å². The van der Waals surface area contributed by atoms with Crippen LogP contribution in [0.15, 0.2) is 97.1 Å². The van der Waals surface area contributed by atoms with Crippen LogP contribution in [0.25, 0.3) is 95.0 Å². The summed E-state index contributed by atoms with van der Waals surface area (Å²) in [7, 11) is 5.95. The van der Waals surface area contributed by atoms with Crippen LogP contribution in [0.3, 0.4) is 0 Å². The molecule has 0 radical (unpaired) electrons. The molecule has 67 heavy (non-hydrogen) atoms. The molecule has 330 valence electrons. The van der Waals surface area contributed by atoms with Crippen molar-refractivity contribution in [1.82, 2.24) is 4.98 Å². The molecule has 7 heterocycles. The van der Waals surface area contributed by atoms with E-state index in [0.29, 0.717) is 18.8 Å². The largest absolute Gasteiger partial charge is 0.388 e. The van der Waals surface area contributed by atoms with Gasteiger partial charge >= 0.3 is 0 Å². The van der Waals surface area contributed by atoms with Gasteiger partial charge in [-0.25, -0.2) is 23.0 Å². The summed E-state index contributed by atoms with van der Waals surface area (Å²) in [6, 6.07) is 33.3. The lowest BCUT2D eigenvalue weighted by molar-refractivity contribution is 0.111. The summed E-state index contributed by atoms with van der Waals surface area (Å²) in [6.45, 7) is 24.0. The molecule has 0 aliphatic rings. The number of carbonyl (C=O) groups excluding carboxylic acids is 2. The zero-order valence-corrected chi connectivity index (χ0v) is 41.9. The predicted molar refractivity (Wildman–Crippen MR) is 296 cm³/mol. The molecule has 0 amide bonds. The Labute approximate surface area is 414 Å². The van der Waals surface area contributed by atoms with Crippen LogP contribution < -0.4 is 15.1 Å². The number of thiazole rings is 1. The van der Waals surface area contributed by atoms with Crippen molar-refractivity contribution >= 4 is 189 Å². The smallest absolute Gasteiger partial charge is 0.231 e. The highest BCUT2D eigenvalue weighted by molar-refractivity contribution is 7.34. The van der Waals surface area contributed by atoms with Crippen LogP contribution in [0.5, 0.6) is 0 Å². The van der Waals surface area contributed by atoms with Crippen LogP contribution in [0, 0.1) is 19.7 Å². The highest BCUT2D eigenvalue weighted by Gasteiger charge is 2.15. The number of aromatic nitrogens is 1. The fraction of sp³-hybridized carbons (Fsp3) is 0.137. The number of nitrogens with zero attached hydrogens (tertiary/aromatic N) is 6. The van der Waals surface area contributed by atoms with Crippen LogP contribution >= 0.6 is 79.4 Å². The number of aldehydes is 2. The van der Waals surface area contributed by atoms with Crippen LogP contribution in [-0.2, 0) is 0 Å². The van der Waals surface area contributed by atoms with E-state index in [-0.39, 0.29) is 0 Å². The van der Waals surface area contributed by atoms with E-state index < -0.39 is 0 Å². The topological polar surface area (TPSA) is 78.6 Å². The first-order chi connectivity index (χ1) is 32.7. The molecular formula is C51H37N7O2S7. The van der Waals surface area contributed by atoms with Gasteiger partial charge in [-0.05, 0) is 72.8 Å². The van der Waals surface area contributed by atoms with E-state index >= 15 is 0 Å². The maximum atomic E-state index is 10.8. The van der Waals surface area contributed by atoms with Gasteiger partial charge in [-0.15, -0.1) is 79.4 Å². The van der Waals surface area contributed by atoms with Gasteiger partial charge in [0.15, 0.2) is 12.6 Å². The van der Waals surface area contributed by atoms with Gasteiger partial charge in [0.25, 0.3) is 0 Å². The third-order valence-corrected chi connectivity index (χ3v) is 18.9. The average Bonchev–Trinajstić information content (AvgIpc) is 4.23. The molecule has 11 aromatic rings. The number of para-hydroxylation sites is 1. The second-order valence-electron chi connectivity index (χ2n) is 15.1. The van der Waals surface area contributed by atoms with Crippen molar-refractivity contribution in [2.75, 3.05) is 62.4 Å². The van der Waals surface area contributed by atoms with E-state index in [1.807, 2.05) is 63.6 Å². The van der Waals surface area contributed by atoms with Gasteiger partial charge in [0, 0.05) is 87.4 Å². The Morgan fingerprint density at radius 2 is 1.07 bits per heavy atom. The molecule has 0 unspecified atom stereocenters. The van der Waals surface area contributed by atoms with Gasteiger partial charge in [0.05, 0.1) is 53.7 Å². The first-order valence-corrected chi connectivity index (χ1v) is 26.4. The summed E-state index contributed by atoms with van der Waals surface area (Å²) < 4.78 is 12.1. The van der Waals surface area contributed by atoms with Gasteiger partial charge in [0.1, 0.15) is 5.01 Å². The number of rotatable bonds is 11. The van der Waals surface area contributed by atoms with Crippen LogP contribution in [-0.4, -0.2) is 64.9 Å². The van der Waals surface area contributed by atoms with E-state index in [9.17, 15) is 9.59 Å². The summed E-state index contributed by atoms with van der Waals surface area (Å²) >= 11 is 11.6. The standard InChI is InChI=1S/C24H16N4S3.C15H12N2OS2.C12H9NOS2/c1-25-10-11-28(3)15-8-9-17-21(12-15)30-22-14-16(29-23(17)22)13-19(26-2)24-27-18-6-4-5-7-20(18)31-24;1-16-5-6-17(2)10-3-4-12-13(7-10)20-14-8-11(9-18)19-15(12)14;1-13-7-2-3-9-10(4-7)16-11-5-8(6-14)15-12(9)11/h4-9,12-14H,10-11H2,3H3;3-4,7-9H,5-6H2,2H3;2-6,13H,1H3/b19-13-;;. The van der Waals surface area contributed by atoms with E-state index in [1.165, 1.54) is 58.5 Å². The first kappa shape index (κ1) is 45.6. The molecule has 0 saturated heterocycles. The number of thiophene rings is 6. The van der Waals surface area contributed by atoms with Crippen molar-refractivity contribution in [3.8, 4) is 0 Å². The molecule has 11 rings (SSSR count). The minimum absolute atomic E-state index is 0.502. The van der Waals surface area contributed by atoms with Gasteiger partial charge < -0.3 is 24.8 Å². The molecule has 0 bridgehead atoms. The molecule has 0 fully saturated rings. The van der Waals surface area contributed by atoms with Gasteiger partial charge in [-0.1, -0.05) is 30.3 Å². The lowest BCUT2D eigenvalue weighted by atomic mass is 10.2. The fourth-order valence-corrected chi connectivity index (χ4v) is 15.6. The van der Waals surface area contributed by atoms with Crippen molar-refractivity contribution in [3.63, 3.8) is 0 Å². The summed E-state index contributed by atoms with van der Waals surface area (Å²) in [5, 5.41) is 7.61. The summed E-state index contributed by atoms with van der Waals surface area (Å²) in [5.41, 5.74) is 4.91. The molecule has 0 spiro atoms. The second kappa shape index (κ2) is 20.1. The Bertz CT molecular complexity index is 3770. The number of benzene rings is 4. The summed E-state index contributed by atoms with van der Waals surface area (Å²) in [4.78, 5) is 43.7. The minimum Gasteiger partial charge on any atom is -0.388 e. The third kappa shape index (κ3) is 9.55. The monoisotopic (exact) mass is 1000 g/mol. The number of fused-ring (bicyclic) bond motifs is 10. The normalized spacial score (nSPS) is 11.3. The number of nitrogens with one attached hydrogen (secondary N) is 1. The van der Waals surface area contributed by atoms with E-state index in [2.05, 4.69) is 95.3 Å². The Morgan fingerprint density at radius 1 is 0.582 bits per heavy atom. The Morgan fingerprint density at radius 3 is 1.57 bits per heavy atom. The predicted octanol–water partition coefficient (Wildman–Crippen LogP) is 15.8. The maximum Gasteiger partial charge on any atom is 0.231 e. The second-order valence-corrected chi connectivity index (χ2v) is 22.7. The molecule has 0 aliphatic carbocycles. The molecule has 9 nitrogen and oxygen atoms in total. The van der Waals surface area contributed by atoms with Crippen molar-refractivity contribution in [2.45, 2.75) is 0 Å². The summed E-state index contributed by atoms with van der Waals surface area (Å²) in [5.74, 6) is 0. The van der Waals surface area contributed by atoms with Crippen LogP contribution in [0.2, 0.25) is 0 Å². The molecule has 0 atom stereocenters. The van der Waals surface area contributed by atoms with Gasteiger partial charge in [-0.2, -0.15) is 0 Å². The Kier molecular flexibility index (Phi) is 13.7. The fourth-order valence-electron chi connectivity index (χ4n) is 7.42. The van der Waals surface area contributed by atoms with Crippen molar-refractivity contribution in [1.29, 1.82) is 0 Å². The SMILES string of the molecule is CNc1ccc2c(c1)sc1cc(C=O)sc12.[C-]#[N+]CCN(C)c1ccc2c(c1)sc1cc(/C=C(\[N+]#[C-])c3nc4ccccc4s3)sc12.[C-]#[N+]CCN(C)c1ccc2c(c1)sc1cc(C=O)sc12. The molecule has 4 aromatic carbocycles. The quantitative estimate of drug-likeness (QED) is 0.103. The molecule has 16 heteroatoms. The number of carbonyl (C=O) groups is 2. The Balaban J connectivity index is 0.000000134. The molecular weight excluding hydrogens is 967 g/mol. The minimum atomic E-state index is 0.502. The number of likely N-dealkylation sites (N-methyl/N-ethyl adjacent to an activating group) is 2. The number of anilines is 3. The van der Waals surface area contributed by atoms with E-state index in [1.54, 1.807) is 79.4 Å². The first-order valence-electron chi connectivity index (χ1n) is 20.7. The third-order valence-electron chi connectivity index (χ3n) is 10.9. The zero-order valence-electron chi connectivity index (χ0n) is 36.2. The highest BCUT2D eigenvalue weighted by Crippen LogP contribution is 2.44. The zero-order chi connectivity index (χ0) is 46.6. The van der Waals surface area contributed by atoms with Crippen molar-refractivity contribution in [2.24, 2.45) is 0 Å². The summed E-state index contributed by atoms with van der Waals surface area (Å²) in [6.07, 6.45) is 3.79. The lowest BCUT2D eigenvalue weighted by Crippen LogP contribution is -2.19. The Hall–Kier alpha value is -6.52. The van der Waals surface area contributed by atoms with Crippen molar-refractivity contribution < 1.29 is 9.59 Å². The molecule has 1 N–H and O–H groups in total. The number of hydrogen-bond acceptors (Lipinski definition) is 13. The lowest BCUT2D eigenvalue weighted by Gasteiger charge is -2.16. The number of hydrogen-bond donors (Lipinski definition) is 1. The molecule has 0 aliphatic heterocycles. The van der Waals surface area contributed by atoms with Crippen LogP contribution in [0.1, 0.15) is 29.2 Å². The van der Waals surface area contributed by atoms with E-state index in [0.717, 1.165) is 72.6 Å². The van der Waals surface area contributed by atoms with Crippen molar-refractivity contribution in [3.05, 3.63) is 151 Å². The van der Waals surface area contributed by atoms with E-state index in [4.69, 9.17) is 19.7 Å². The van der Waals surface area contributed by atoms with Gasteiger partial charge in [-0.3, -0.25) is 9.59 Å². The van der Waals surface area contributed by atoms with Gasteiger partial charge in [0.2, 0.25) is 18.8 Å². The highest BCUT2D eigenvalue weighted by atomic mass is 32.1. The average molecular weight is 1000 g/mol. The maximum absolute atomic E-state index is 10.8.